The Morgan fingerprint density at radius 1 is 1.39 bits per heavy atom. The third-order valence-electron chi connectivity index (χ3n) is 2.31. The van der Waals surface area contributed by atoms with Crippen LogP contribution in [-0.2, 0) is 9.63 Å². The molecule has 0 spiro atoms. The van der Waals surface area contributed by atoms with Crippen LogP contribution in [0.1, 0.15) is 25.0 Å². The molecule has 0 saturated carbocycles. The van der Waals surface area contributed by atoms with Crippen LogP contribution in [0.2, 0.25) is 0 Å². The lowest BCUT2D eigenvalue weighted by molar-refractivity contribution is -0.131. The normalized spacial score (nSPS) is 10.7. The van der Waals surface area contributed by atoms with E-state index in [0.29, 0.717) is 18.3 Å². The van der Waals surface area contributed by atoms with Crippen LogP contribution >= 0.6 is 11.8 Å². The van der Waals surface area contributed by atoms with Crippen molar-refractivity contribution in [1.82, 2.24) is 5.48 Å². The molecular formula is C14H21NO2S. The van der Waals surface area contributed by atoms with E-state index in [4.69, 9.17) is 4.84 Å². The summed E-state index contributed by atoms with van der Waals surface area (Å²) < 4.78 is 0. The van der Waals surface area contributed by atoms with Crippen molar-refractivity contribution in [2.75, 3.05) is 12.4 Å². The van der Waals surface area contributed by atoms with Gasteiger partial charge in [0.15, 0.2) is 0 Å². The van der Waals surface area contributed by atoms with Crippen molar-refractivity contribution >= 4 is 17.7 Å². The second-order valence-corrected chi connectivity index (χ2v) is 5.80. The number of carbonyl (C=O) groups is 1. The van der Waals surface area contributed by atoms with Gasteiger partial charge < -0.3 is 0 Å². The maximum atomic E-state index is 11.5. The minimum atomic E-state index is -0.0958. The topological polar surface area (TPSA) is 38.3 Å². The quantitative estimate of drug-likeness (QED) is 0.636. The van der Waals surface area contributed by atoms with Gasteiger partial charge in [0.05, 0.1) is 12.4 Å². The van der Waals surface area contributed by atoms with Gasteiger partial charge in [-0.05, 0) is 31.4 Å². The predicted molar refractivity (Wildman–Crippen MR) is 75.6 cm³/mol. The lowest BCUT2D eigenvalue weighted by Gasteiger charge is -2.09. The van der Waals surface area contributed by atoms with Crippen molar-refractivity contribution in [3.63, 3.8) is 0 Å². The van der Waals surface area contributed by atoms with Gasteiger partial charge in [0.25, 0.3) is 5.91 Å². The van der Waals surface area contributed by atoms with E-state index in [-0.39, 0.29) is 5.91 Å². The lowest BCUT2D eigenvalue weighted by atomic mass is 10.2. The number of hydrogen-bond acceptors (Lipinski definition) is 3. The van der Waals surface area contributed by atoms with Crippen LogP contribution in [0, 0.1) is 19.8 Å². The van der Waals surface area contributed by atoms with Gasteiger partial charge in [-0.15, -0.1) is 11.8 Å². The Bertz CT molecular complexity index is 405. The van der Waals surface area contributed by atoms with Gasteiger partial charge in [-0.3, -0.25) is 9.63 Å². The first-order chi connectivity index (χ1) is 8.49. The molecule has 1 aromatic carbocycles. The Morgan fingerprint density at radius 2 is 2.11 bits per heavy atom. The van der Waals surface area contributed by atoms with Crippen LogP contribution in [0.3, 0.4) is 0 Å². The third-order valence-corrected chi connectivity index (χ3v) is 3.46. The fourth-order valence-corrected chi connectivity index (χ4v) is 2.23. The summed E-state index contributed by atoms with van der Waals surface area (Å²) >= 11 is 1.54. The zero-order valence-electron chi connectivity index (χ0n) is 11.4. The van der Waals surface area contributed by atoms with E-state index < -0.39 is 0 Å². The third kappa shape index (κ3) is 5.56. The second kappa shape index (κ2) is 7.44. The van der Waals surface area contributed by atoms with Gasteiger partial charge in [0.1, 0.15) is 0 Å². The van der Waals surface area contributed by atoms with Crippen LogP contribution < -0.4 is 5.48 Å². The molecule has 1 amide bonds. The molecule has 0 heterocycles. The number of thioether (sulfide) groups is 1. The zero-order valence-corrected chi connectivity index (χ0v) is 12.3. The fourth-order valence-electron chi connectivity index (χ4n) is 1.32. The van der Waals surface area contributed by atoms with Crippen molar-refractivity contribution in [2.24, 2.45) is 5.92 Å². The molecule has 1 rings (SSSR count). The Morgan fingerprint density at radius 3 is 2.78 bits per heavy atom. The van der Waals surface area contributed by atoms with Crippen molar-refractivity contribution in [3.8, 4) is 0 Å². The molecule has 0 aliphatic rings. The molecule has 0 radical (unpaired) electrons. The molecule has 0 fully saturated rings. The van der Waals surface area contributed by atoms with E-state index in [2.05, 4.69) is 37.5 Å². The van der Waals surface area contributed by atoms with Crippen molar-refractivity contribution in [3.05, 3.63) is 29.3 Å². The smallest absolute Gasteiger partial charge is 0.253 e. The fraction of sp³-hybridized carbons (Fsp3) is 0.500. The molecule has 0 aliphatic carbocycles. The van der Waals surface area contributed by atoms with Gasteiger partial charge in [0, 0.05) is 4.90 Å². The van der Waals surface area contributed by atoms with Gasteiger partial charge in [0.2, 0.25) is 0 Å². The summed E-state index contributed by atoms with van der Waals surface area (Å²) in [6.45, 7) is 8.72. The SMILES string of the molecule is Cc1ccc(C)c(SCC(=O)NOCC(C)C)c1. The van der Waals surface area contributed by atoms with Crippen molar-refractivity contribution in [1.29, 1.82) is 0 Å². The minimum Gasteiger partial charge on any atom is -0.273 e. The molecule has 0 unspecified atom stereocenters. The first kappa shape index (κ1) is 15.1. The molecule has 0 saturated heterocycles. The molecule has 0 bridgehead atoms. The van der Waals surface area contributed by atoms with E-state index in [9.17, 15) is 4.79 Å². The molecular weight excluding hydrogens is 246 g/mol. The van der Waals surface area contributed by atoms with E-state index in [1.54, 1.807) is 0 Å². The molecule has 4 heteroatoms. The molecule has 0 aromatic heterocycles. The molecule has 1 N–H and O–H groups in total. The molecule has 0 aliphatic heterocycles. The number of nitrogens with one attached hydrogen (secondary N) is 1. The average Bonchev–Trinajstić information content (AvgIpc) is 2.30. The molecule has 18 heavy (non-hydrogen) atoms. The van der Waals surface area contributed by atoms with Crippen LogP contribution in [0.25, 0.3) is 0 Å². The summed E-state index contributed by atoms with van der Waals surface area (Å²) in [7, 11) is 0. The van der Waals surface area contributed by atoms with Crippen molar-refractivity contribution in [2.45, 2.75) is 32.6 Å². The van der Waals surface area contributed by atoms with E-state index in [0.717, 1.165) is 4.90 Å². The average molecular weight is 267 g/mol. The second-order valence-electron chi connectivity index (χ2n) is 4.79. The first-order valence-corrected chi connectivity index (χ1v) is 7.08. The Balaban J connectivity index is 2.36. The molecule has 100 valence electrons. The minimum absolute atomic E-state index is 0.0958. The number of carbonyl (C=O) groups excluding carboxylic acids is 1. The monoisotopic (exact) mass is 267 g/mol. The number of rotatable bonds is 6. The maximum Gasteiger partial charge on any atom is 0.253 e. The maximum absolute atomic E-state index is 11.5. The summed E-state index contributed by atoms with van der Waals surface area (Å²) in [4.78, 5) is 17.8. The highest BCUT2D eigenvalue weighted by Gasteiger charge is 2.05. The predicted octanol–water partition coefficient (Wildman–Crippen LogP) is 3.10. The lowest BCUT2D eigenvalue weighted by Crippen LogP contribution is -2.27. The van der Waals surface area contributed by atoms with Gasteiger partial charge in [-0.1, -0.05) is 31.5 Å². The highest BCUT2D eigenvalue weighted by molar-refractivity contribution is 8.00. The number of hydroxylamine groups is 1. The number of hydrogen-bond donors (Lipinski definition) is 1. The van der Waals surface area contributed by atoms with Gasteiger partial charge in [-0.2, -0.15) is 0 Å². The standard InChI is InChI=1S/C14H21NO2S/c1-10(2)8-17-15-14(16)9-18-13-7-11(3)5-6-12(13)4/h5-7,10H,8-9H2,1-4H3,(H,15,16). The van der Waals surface area contributed by atoms with E-state index in [1.165, 1.54) is 22.9 Å². The summed E-state index contributed by atoms with van der Waals surface area (Å²) in [5.74, 6) is 0.695. The Labute approximate surface area is 113 Å². The van der Waals surface area contributed by atoms with Crippen LogP contribution in [-0.4, -0.2) is 18.3 Å². The van der Waals surface area contributed by atoms with Crippen molar-refractivity contribution < 1.29 is 9.63 Å². The first-order valence-electron chi connectivity index (χ1n) is 6.09. The number of amides is 1. The largest absolute Gasteiger partial charge is 0.273 e. The Kier molecular flexibility index (Phi) is 6.22. The number of benzene rings is 1. The summed E-state index contributed by atoms with van der Waals surface area (Å²) in [5, 5.41) is 0. The molecule has 3 nitrogen and oxygen atoms in total. The molecule has 1 aromatic rings. The van der Waals surface area contributed by atoms with Gasteiger partial charge >= 0.3 is 0 Å². The summed E-state index contributed by atoms with van der Waals surface area (Å²) in [6.07, 6.45) is 0. The van der Waals surface area contributed by atoms with E-state index >= 15 is 0 Å². The zero-order chi connectivity index (χ0) is 13.5. The Hall–Kier alpha value is -1.00. The van der Waals surface area contributed by atoms with Gasteiger partial charge in [-0.25, -0.2) is 5.48 Å². The number of aryl methyl sites for hydroxylation is 2. The highest BCUT2D eigenvalue weighted by atomic mass is 32.2. The van der Waals surface area contributed by atoms with Crippen LogP contribution in [0.4, 0.5) is 0 Å². The van der Waals surface area contributed by atoms with E-state index in [1.807, 2.05) is 13.8 Å². The summed E-state index contributed by atoms with van der Waals surface area (Å²) in [5.41, 5.74) is 4.86. The molecule has 0 atom stereocenters. The van der Waals surface area contributed by atoms with Crippen LogP contribution in [0.15, 0.2) is 23.1 Å². The highest BCUT2D eigenvalue weighted by Crippen LogP contribution is 2.23. The summed E-state index contributed by atoms with van der Waals surface area (Å²) in [6, 6.07) is 6.25. The van der Waals surface area contributed by atoms with Crippen LogP contribution in [0.5, 0.6) is 0 Å².